The second-order valence-electron chi connectivity index (χ2n) is 4.59. The Balaban J connectivity index is 1.98. The third kappa shape index (κ3) is 3.82. The molecule has 0 amide bonds. The molecule has 1 aromatic carbocycles. The Morgan fingerprint density at radius 1 is 1.41 bits per heavy atom. The Morgan fingerprint density at radius 2 is 2.14 bits per heavy atom. The van der Waals surface area contributed by atoms with Gasteiger partial charge in [0.05, 0.1) is 6.20 Å². The molecule has 0 aliphatic carbocycles. The van der Waals surface area contributed by atoms with Crippen molar-refractivity contribution in [1.82, 2.24) is 9.78 Å². The van der Waals surface area contributed by atoms with E-state index >= 15 is 0 Å². The van der Waals surface area contributed by atoms with Gasteiger partial charge >= 0.3 is 5.97 Å². The molecule has 22 heavy (non-hydrogen) atoms. The normalized spacial score (nSPS) is 11.8. The van der Waals surface area contributed by atoms with Crippen molar-refractivity contribution < 1.29 is 9.63 Å². The number of aryl methyl sites for hydroxylation is 1. The van der Waals surface area contributed by atoms with Gasteiger partial charge in [-0.05, 0) is 19.9 Å². The molecule has 2 rings (SSSR count). The lowest BCUT2D eigenvalue weighted by Crippen LogP contribution is -2.14. The standard InChI is InChI=1S/C16H18N4O2/c1-3-20-12(2)14(11-18-20)9-10-15(21)22-19-16(17)13-7-5-4-6-8-13/h4-11H,3H2,1-2H3,(H2,17,19)/b10-9+. The van der Waals surface area contributed by atoms with Crippen molar-refractivity contribution in [3.8, 4) is 0 Å². The molecule has 0 radical (unpaired) electrons. The predicted octanol–water partition coefficient (Wildman–Crippen LogP) is 2.09. The number of amidine groups is 1. The van der Waals surface area contributed by atoms with E-state index in [0.29, 0.717) is 5.56 Å². The zero-order chi connectivity index (χ0) is 15.9. The number of rotatable bonds is 5. The summed E-state index contributed by atoms with van der Waals surface area (Å²) in [7, 11) is 0. The minimum Gasteiger partial charge on any atom is -0.380 e. The lowest BCUT2D eigenvalue weighted by Gasteiger charge is -1.99. The highest BCUT2D eigenvalue weighted by molar-refractivity contribution is 5.97. The fourth-order valence-electron chi connectivity index (χ4n) is 1.89. The van der Waals surface area contributed by atoms with Crippen molar-refractivity contribution in [2.24, 2.45) is 10.9 Å². The molecule has 1 aromatic heterocycles. The fourth-order valence-corrected chi connectivity index (χ4v) is 1.89. The second kappa shape index (κ2) is 7.21. The van der Waals surface area contributed by atoms with Gasteiger partial charge in [0, 0.05) is 29.4 Å². The van der Waals surface area contributed by atoms with Gasteiger partial charge < -0.3 is 10.6 Å². The molecule has 0 bridgehead atoms. The van der Waals surface area contributed by atoms with Gasteiger partial charge in [-0.25, -0.2) is 4.79 Å². The predicted molar refractivity (Wildman–Crippen MR) is 84.9 cm³/mol. The lowest BCUT2D eigenvalue weighted by molar-refractivity contribution is -0.137. The molecule has 0 spiro atoms. The molecular formula is C16H18N4O2. The molecule has 0 aliphatic heterocycles. The molecule has 6 nitrogen and oxygen atoms in total. The number of hydrogen-bond acceptors (Lipinski definition) is 4. The number of carbonyl (C=O) groups excluding carboxylic acids is 1. The lowest BCUT2D eigenvalue weighted by atomic mass is 10.2. The number of carbonyl (C=O) groups is 1. The van der Waals surface area contributed by atoms with Crippen LogP contribution in [0.4, 0.5) is 0 Å². The van der Waals surface area contributed by atoms with Crippen molar-refractivity contribution >= 4 is 17.9 Å². The van der Waals surface area contributed by atoms with Crippen molar-refractivity contribution in [3.63, 3.8) is 0 Å². The summed E-state index contributed by atoms with van der Waals surface area (Å²) >= 11 is 0. The minimum atomic E-state index is -0.595. The highest BCUT2D eigenvalue weighted by Gasteiger charge is 2.04. The second-order valence-corrected chi connectivity index (χ2v) is 4.59. The van der Waals surface area contributed by atoms with Crippen molar-refractivity contribution in [2.45, 2.75) is 20.4 Å². The first-order chi connectivity index (χ1) is 10.6. The Kier molecular flexibility index (Phi) is 5.08. The third-order valence-corrected chi connectivity index (χ3v) is 3.14. The molecule has 2 aromatic rings. The van der Waals surface area contributed by atoms with Gasteiger partial charge in [-0.15, -0.1) is 0 Å². The number of hydrogen-bond donors (Lipinski definition) is 1. The molecule has 0 unspecified atom stereocenters. The number of oxime groups is 1. The van der Waals surface area contributed by atoms with Crippen molar-refractivity contribution in [3.05, 3.63) is 59.4 Å². The van der Waals surface area contributed by atoms with E-state index in [1.54, 1.807) is 24.4 Å². The number of nitrogens with zero attached hydrogens (tertiary/aromatic N) is 3. The third-order valence-electron chi connectivity index (χ3n) is 3.14. The maximum absolute atomic E-state index is 11.6. The summed E-state index contributed by atoms with van der Waals surface area (Å²) in [5.41, 5.74) is 8.27. The largest absolute Gasteiger partial charge is 0.380 e. The van der Waals surface area contributed by atoms with E-state index in [-0.39, 0.29) is 5.84 Å². The van der Waals surface area contributed by atoms with E-state index in [2.05, 4.69) is 10.3 Å². The van der Waals surface area contributed by atoms with Crippen LogP contribution >= 0.6 is 0 Å². The molecule has 1 heterocycles. The highest BCUT2D eigenvalue weighted by Crippen LogP contribution is 2.09. The molecular weight excluding hydrogens is 280 g/mol. The SMILES string of the molecule is CCn1ncc(/C=C/C(=O)O/N=C(\N)c2ccccc2)c1C. The summed E-state index contributed by atoms with van der Waals surface area (Å²) < 4.78 is 1.84. The van der Waals surface area contributed by atoms with E-state index in [9.17, 15) is 4.79 Å². The summed E-state index contributed by atoms with van der Waals surface area (Å²) in [5.74, 6) is -0.445. The van der Waals surface area contributed by atoms with Crippen LogP contribution in [0.2, 0.25) is 0 Å². The molecule has 0 saturated heterocycles. The van der Waals surface area contributed by atoms with Crippen LogP contribution in [0, 0.1) is 6.92 Å². The van der Waals surface area contributed by atoms with E-state index in [0.717, 1.165) is 17.8 Å². The van der Waals surface area contributed by atoms with Gasteiger partial charge in [0.2, 0.25) is 0 Å². The number of nitrogens with two attached hydrogens (primary N) is 1. The van der Waals surface area contributed by atoms with Gasteiger partial charge in [0.25, 0.3) is 0 Å². The fraction of sp³-hybridized carbons (Fsp3) is 0.188. The molecule has 0 atom stereocenters. The topological polar surface area (TPSA) is 82.5 Å². The Hall–Kier alpha value is -2.89. The minimum absolute atomic E-state index is 0.150. The molecule has 0 saturated carbocycles. The van der Waals surface area contributed by atoms with Gasteiger partial charge in [-0.1, -0.05) is 35.5 Å². The first-order valence-corrected chi connectivity index (χ1v) is 6.92. The summed E-state index contributed by atoms with van der Waals surface area (Å²) in [6.45, 7) is 4.72. The number of benzene rings is 1. The van der Waals surface area contributed by atoms with Gasteiger partial charge in [-0.3, -0.25) is 4.68 Å². The first-order valence-electron chi connectivity index (χ1n) is 6.92. The Labute approximate surface area is 128 Å². The molecule has 6 heteroatoms. The van der Waals surface area contributed by atoms with E-state index in [1.165, 1.54) is 6.08 Å². The van der Waals surface area contributed by atoms with Crippen LogP contribution in [0.1, 0.15) is 23.7 Å². The highest BCUT2D eigenvalue weighted by atomic mass is 16.7. The first kappa shape index (κ1) is 15.5. The zero-order valence-corrected chi connectivity index (χ0v) is 12.6. The van der Waals surface area contributed by atoms with Crippen LogP contribution in [-0.4, -0.2) is 21.6 Å². The Bertz CT molecular complexity index is 702. The molecule has 0 aliphatic rings. The van der Waals surface area contributed by atoms with Crippen LogP contribution in [0.3, 0.4) is 0 Å². The van der Waals surface area contributed by atoms with Gasteiger partial charge in [0.1, 0.15) is 0 Å². The summed E-state index contributed by atoms with van der Waals surface area (Å²) in [6.07, 6.45) is 4.64. The molecule has 2 N–H and O–H groups in total. The maximum atomic E-state index is 11.6. The summed E-state index contributed by atoms with van der Waals surface area (Å²) in [6, 6.07) is 9.08. The van der Waals surface area contributed by atoms with E-state index in [1.807, 2.05) is 36.7 Å². The van der Waals surface area contributed by atoms with E-state index in [4.69, 9.17) is 10.6 Å². The van der Waals surface area contributed by atoms with E-state index < -0.39 is 5.97 Å². The zero-order valence-electron chi connectivity index (χ0n) is 12.6. The van der Waals surface area contributed by atoms with Crippen LogP contribution in [0.25, 0.3) is 6.08 Å². The molecule has 0 fully saturated rings. The van der Waals surface area contributed by atoms with Crippen LogP contribution in [0.5, 0.6) is 0 Å². The molecule has 114 valence electrons. The van der Waals surface area contributed by atoms with Gasteiger partial charge in [0.15, 0.2) is 5.84 Å². The maximum Gasteiger partial charge on any atom is 0.358 e. The van der Waals surface area contributed by atoms with Gasteiger partial charge in [-0.2, -0.15) is 5.10 Å². The average Bonchev–Trinajstić information content (AvgIpc) is 2.91. The van der Waals surface area contributed by atoms with Crippen molar-refractivity contribution in [1.29, 1.82) is 0 Å². The smallest absolute Gasteiger partial charge is 0.358 e. The monoisotopic (exact) mass is 298 g/mol. The van der Waals surface area contributed by atoms with Crippen LogP contribution in [-0.2, 0) is 16.2 Å². The summed E-state index contributed by atoms with van der Waals surface area (Å²) in [4.78, 5) is 16.4. The number of aromatic nitrogens is 2. The Morgan fingerprint density at radius 3 is 2.77 bits per heavy atom. The van der Waals surface area contributed by atoms with Crippen LogP contribution < -0.4 is 5.73 Å². The quantitative estimate of drug-likeness (QED) is 0.301. The van der Waals surface area contributed by atoms with Crippen molar-refractivity contribution in [2.75, 3.05) is 0 Å². The van der Waals surface area contributed by atoms with Crippen LogP contribution in [0.15, 0.2) is 47.8 Å². The summed E-state index contributed by atoms with van der Waals surface area (Å²) in [5, 5.41) is 7.82. The average molecular weight is 298 g/mol.